The summed E-state index contributed by atoms with van der Waals surface area (Å²) in [6.45, 7) is 0. The molecule has 1 atom stereocenters. The van der Waals surface area contributed by atoms with Crippen LogP contribution in [0.3, 0.4) is 0 Å². The second-order valence-electron chi connectivity index (χ2n) is 10.1. The average Bonchev–Trinajstić information content (AvgIpc) is 3.68. The van der Waals surface area contributed by atoms with E-state index in [4.69, 9.17) is 4.42 Å². The summed E-state index contributed by atoms with van der Waals surface area (Å²) in [5.74, 6) is -1.45. The Kier molecular flexibility index (Phi) is 6.54. The van der Waals surface area contributed by atoms with Gasteiger partial charge in [-0.25, -0.2) is 9.78 Å². The number of aliphatic carboxylic acids is 1. The van der Waals surface area contributed by atoms with Crippen LogP contribution < -0.4 is 5.32 Å². The van der Waals surface area contributed by atoms with Crippen molar-refractivity contribution in [2.75, 3.05) is 0 Å². The van der Waals surface area contributed by atoms with Crippen LogP contribution in [0.4, 0.5) is 0 Å². The number of H-pyrrole nitrogens is 1. The summed E-state index contributed by atoms with van der Waals surface area (Å²) in [4.78, 5) is 33.1. The Morgan fingerprint density at radius 2 is 1.85 bits per heavy atom. The maximum absolute atomic E-state index is 13.3. The van der Waals surface area contributed by atoms with Gasteiger partial charge in [0, 0.05) is 34.3 Å². The van der Waals surface area contributed by atoms with Gasteiger partial charge in [-0.3, -0.25) is 9.35 Å². The van der Waals surface area contributed by atoms with Gasteiger partial charge in [-0.2, -0.15) is 8.42 Å². The molecule has 1 aliphatic carbocycles. The fraction of sp³-hybridized carbons (Fsp3) is 0.250. The van der Waals surface area contributed by atoms with Gasteiger partial charge < -0.3 is 29.5 Å². The Morgan fingerprint density at radius 1 is 1.07 bits per heavy atom. The second kappa shape index (κ2) is 10.1. The highest BCUT2D eigenvalue weighted by molar-refractivity contribution is 7.85. The summed E-state index contributed by atoms with van der Waals surface area (Å²) < 4.78 is 40.0. The molecule has 13 heteroatoms. The quantitative estimate of drug-likeness (QED) is 0.169. The molecule has 0 radical (unpaired) electrons. The van der Waals surface area contributed by atoms with Crippen LogP contribution in [0.1, 0.15) is 60.1 Å². The first kappa shape index (κ1) is 26.6. The van der Waals surface area contributed by atoms with Crippen LogP contribution in [0.15, 0.2) is 64.2 Å². The van der Waals surface area contributed by atoms with Crippen molar-refractivity contribution >= 4 is 43.9 Å². The number of phenolic OH excluding ortho intramolecular Hbond substituents is 1. The lowest BCUT2D eigenvalue weighted by atomic mass is 9.95. The van der Waals surface area contributed by atoms with Crippen LogP contribution in [0, 0.1) is 0 Å². The number of fused-ring (bicyclic) bond motifs is 2. The molecule has 6 rings (SSSR count). The number of aromatic amines is 1. The highest BCUT2D eigenvalue weighted by Gasteiger charge is 2.28. The number of imidazole rings is 1. The molecule has 3 heterocycles. The Balaban J connectivity index is 1.38. The topological polar surface area (TPSA) is 188 Å². The van der Waals surface area contributed by atoms with Crippen molar-refractivity contribution in [3.05, 3.63) is 65.9 Å². The number of amides is 1. The summed E-state index contributed by atoms with van der Waals surface area (Å²) >= 11 is 0. The number of carboxylic acid groups (broad SMARTS) is 1. The van der Waals surface area contributed by atoms with Crippen LogP contribution >= 0.6 is 0 Å². The van der Waals surface area contributed by atoms with Gasteiger partial charge in [-0.05, 0) is 61.4 Å². The lowest BCUT2D eigenvalue weighted by molar-refractivity contribution is -0.139. The molecular weight excluding hydrogens is 552 g/mol. The number of hydrogen-bond donors (Lipinski definition) is 5. The minimum atomic E-state index is -4.55. The highest BCUT2D eigenvalue weighted by Crippen LogP contribution is 2.37. The van der Waals surface area contributed by atoms with Crippen LogP contribution in [0.25, 0.3) is 33.5 Å². The van der Waals surface area contributed by atoms with Crippen molar-refractivity contribution < 1.29 is 37.2 Å². The molecule has 2 aromatic carbocycles. The molecule has 1 aliphatic rings. The van der Waals surface area contributed by atoms with Crippen molar-refractivity contribution in [2.45, 2.75) is 49.3 Å². The van der Waals surface area contributed by atoms with E-state index in [0.29, 0.717) is 27.8 Å². The van der Waals surface area contributed by atoms with Gasteiger partial charge in [0.2, 0.25) is 5.09 Å². The molecule has 3 aromatic heterocycles. The third-order valence-electron chi connectivity index (χ3n) is 7.48. The molecular formula is C28H26N4O8S. The van der Waals surface area contributed by atoms with E-state index in [1.54, 1.807) is 24.3 Å². The third-order valence-corrected chi connectivity index (χ3v) is 8.21. The lowest BCUT2D eigenvalue weighted by Gasteiger charge is -2.25. The number of phenols is 1. The van der Waals surface area contributed by atoms with Crippen molar-refractivity contribution in [1.29, 1.82) is 0 Å². The largest absolute Gasteiger partial charge is 0.508 e. The van der Waals surface area contributed by atoms with Crippen molar-refractivity contribution in [3.63, 3.8) is 0 Å². The number of carbonyl (C=O) groups is 2. The maximum Gasteiger partial charge on any atom is 0.331 e. The molecule has 12 nitrogen and oxygen atoms in total. The first-order chi connectivity index (χ1) is 19.6. The summed E-state index contributed by atoms with van der Waals surface area (Å²) in [5, 5.41) is 22.2. The van der Waals surface area contributed by atoms with Crippen molar-refractivity contribution in [3.8, 4) is 17.3 Å². The molecule has 1 amide bonds. The summed E-state index contributed by atoms with van der Waals surface area (Å²) in [6.07, 6.45) is 6.38. The van der Waals surface area contributed by atoms with E-state index in [0.717, 1.165) is 38.2 Å². The number of furan rings is 1. The number of aromatic nitrogens is 3. The van der Waals surface area contributed by atoms with E-state index in [2.05, 4.69) is 15.3 Å². The van der Waals surface area contributed by atoms with Gasteiger partial charge >= 0.3 is 16.1 Å². The first-order valence-electron chi connectivity index (χ1n) is 13.0. The van der Waals surface area contributed by atoms with Crippen molar-refractivity contribution in [2.24, 2.45) is 0 Å². The average molecular weight is 579 g/mol. The number of carbonyl (C=O) groups excluding carboxylic acids is 1. The predicted molar refractivity (Wildman–Crippen MR) is 147 cm³/mol. The fourth-order valence-corrected chi connectivity index (χ4v) is 5.99. The molecule has 212 valence electrons. The van der Waals surface area contributed by atoms with Gasteiger partial charge in [0.25, 0.3) is 5.91 Å². The van der Waals surface area contributed by atoms with Gasteiger partial charge in [-0.1, -0.05) is 19.3 Å². The normalized spacial score (nSPS) is 15.3. The zero-order valence-corrected chi connectivity index (χ0v) is 22.4. The number of rotatable bonds is 7. The van der Waals surface area contributed by atoms with E-state index >= 15 is 0 Å². The molecule has 0 aliphatic heterocycles. The molecule has 41 heavy (non-hydrogen) atoms. The van der Waals surface area contributed by atoms with Gasteiger partial charge in [0.1, 0.15) is 5.75 Å². The summed E-state index contributed by atoms with van der Waals surface area (Å²) in [7, 11) is -4.55. The zero-order chi connectivity index (χ0) is 28.9. The van der Waals surface area contributed by atoms with E-state index in [-0.39, 0.29) is 28.7 Å². The van der Waals surface area contributed by atoms with Gasteiger partial charge in [0.05, 0.1) is 11.0 Å². The Morgan fingerprint density at radius 3 is 2.56 bits per heavy atom. The Labute approximate surface area is 233 Å². The number of nitrogens with zero attached hydrogens (tertiary/aromatic N) is 2. The fourth-order valence-electron chi connectivity index (χ4n) is 5.56. The monoisotopic (exact) mass is 578 g/mol. The second-order valence-corrected chi connectivity index (χ2v) is 11.5. The SMILES string of the molecule is O=C(N[C@H](C(=O)O)c1c[nH]c2ccc(O)cc12)c1ccc2c(c1)nc(-c1ccc(S(=O)(=O)O)o1)n2C1CCCCC1. The van der Waals surface area contributed by atoms with Crippen LogP contribution in [-0.4, -0.2) is 49.6 Å². The van der Waals surface area contributed by atoms with Crippen LogP contribution in [0.2, 0.25) is 0 Å². The Hall–Kier alpha value is -4.62. The van der Waals surface area contributed by atoms with Gasteiger partial charge in [-0.15, -0.1) is 0 Å². The molecule has 0 spiro atoms. The molecule has 5 aromatic rings. The molecule has 0 saturated heterocycles. The molecule has 0 bridgehead atoms. The van der Waals surface area contributed by atoms with E-state index in [9.17, 15) is 32.8 Å². The predicted octanol–water partition coefficient (Wildman–Crippen LogP) is 4.79. The Bertz CT molecular complexity index is 1910. The first-order valence-corrected chi connectivity index (χ1v) is 14.5. The summed E-state index contributed by atoms with van der Waals surface area (Å²) in [6, 6.07) is 10.6. The standard InChI is InChI=1S/C28H26N4O8S/c33-17-7-8-20-18(13-17)19(14-29-20)25(28(35)36)31-27(34)15-6-9-22-21(12-15)30-26(32(22)16-4-2-1-3-5-16)23-10-11-24(40-23)41(37,38)39/h6-14,16,25,29,33H,1-5H2,(H,31,34)(H,35,36)(H,37,38,39)/t25-/m0/s1. The van der Waals surface area contributed by atoms with Gasteiger partial charge in [0.15, 0.2) is 17.6 Å². The highest BCUT2D eigenvalue weighted by atomic mass is 32.2. The third kappa shape index (κ3) is 4.93. The minimum Gasteiger partial charge on any atom is -0.508 e. The number of carboxylic acids is 1. The lowest BCUT2D eigenvalue weighted by Crippen LogP contribution is -2.33. The van der Waals surface area contributed by atoms with E-state index in [1.807, 2.05) is 4.57 Å². The van der Waals surface area contributed by atoms with Crippen LogP contribution in [-0.2, 0) is 14.9 Å². The molecule has 0 unspecified atom stereocenters. The van der Waals surface area contributed by atoms with E-state index in [1.165, 1.54) is 24.4 Å². The zero-order valence-electron chi connectivity index (χ0n) is 21.6. The van der Waals surface area contributed by atoms with Crippen LogP contribution in [0.5, 0.6) is 5.75 Å². The number of aromatic hydroxyl groups is 1. The van der Waals surface area contributed by atoms with E-state index < -0.39 is 33.1 Å². The molecule has 5 N–H and O–H groups in total. The number of hydrogen-bond acceptors (Lipinski definition) is 7. The minimum absolute atomic E-state index is 0.0381. The van der Waals surface area contributed by atoms with Crippen molar-refractivity contribution in [1.82, 2.24) is 19.9 Å². The summed E-state index contributed by atoms with van der Waals surface area (Å²) in [5.41, 5.74) is 2.20. The smallest absolute Gasteiger partial charge is 0.331 e. The molecule has 1 fully saturated rings. The number of nitrogens with one attached hydrogen (secondary N) is 2. The number of benzene rings is 2. The maximum atomic E-state index is 13.3. The molecule has 1 saturated carbocycles.